The molecule has 0 unspecified atom stereocenters. The van der Waals surface area contributed by atoms with Crippen LogP contribution in [0.2, 0.25) is 0 Å². The number of hydrogen-bond donors (Lipinski definition) is 0. The summed E-state index contributed by atoms with van der Waals surface area (Å²) >= 11 is 1.48. The van der Waals surface area contributed by atoms with E-state index in [1.54, 1.807) is 4.90 Å². The first-order valence-electron chi connectivity index (χ1n) is 8.87. The van der Waals surface area contributed by atoms with Gasteiger partial charge in [-0.1, -0.05) is 35.9 Å². The van der Waals surface area contributed by atoms with Crippen LogP contribution in [0.25, 0.3) is 0 Å². The Morgan fingerprint density at radius 1 is 1.08 bits per heavy atom. The first-order valence-corrected chi connectivity index (χ1v) is 9.75. The minimum atomic E-state index is 0.0995. The number of carbonyl (C=O) groups excluding carboxylic acids is 2. The molecular weight excluding hydrogens is 346 g/mol. The summed E-state index contributed by atoms with van der Waals surface area (Å²) in [5.74, 6) is 0.214. The summed E-state index contributed by atoms with van der Waals surface area (Å²) < 4.78 is 0. The maximum absolute atomic E-state index is 12.5. The lowest BCUT2D eigenvalue weighted by Crippen LogP contribution is -2.51. The molecule has 0 spiro atoms. The number of benzene rings is 1. The van der Waals surface area contributed by atoms with E-state index in [1.165, 1.54) is 16.9 Å². The lowest BCUT2D eigenvalue weighted by atomic mass is 10.1. The first-order chi connectivity index (χ1) is 12.5. The van der Waals surface area contributed by atoms with Crippen LogP contribution >= 0.6 is 11.3 Å². The van der Waals surface area contributed by atoms with Crippen molar-refractivity contribution in [3.63, 3.8) is 0 Å². The molecule has 1 aromatic heterocycles. The standard InChI is InChI=1S/C20H25N3O2S/c1-16-5-7-17(8-6-16)14-21(2)19(24)15-22-9-11-23(12-10-22)20(25)18-4-3-13-26-18/h3-8,13H,9-12,14-15H2,1-2H3. The third-order valence-electron chi connectivity index (χ3n) is 4.72. The van der Waals surface area contributed by atoms with E-state index in [0.29, 0.717) is 26.2 Å². The van der Waals surface area contributed by atoms with Gasteiger partial charge >= 0.3 is 0 Å². The molecule has 0 radical (unpaired) electrons. The molecule has 0 saturated carbocycles. The predicted octanol–water partition coefficient (Wildman–Crippen LogP) is 2.47. The molecule has 5 nitrogen and oxygen atoms in total. The maximum Gasteiger partial charge on any atom is 0.264 e. The summed E-state index contributed by atoms with van der Waals surface area (Å²) in [5.41, 5.74) is 2.36. The number of piperazine rings is 1. The van der Waals surface area contributed by atoms with E-state index >= 15 is 0 Å². The van der Waals surface area contributed by atoms with Crippen LogP contribution < -0.4 is 0 Å². The Labute approximate surface area is 158 Å². The zero-order valence-corrected chi connectivity index (χ0v) is 16.2. The van der Waals surface area contributed by atoms with Gasteiger partial charge in [-0.25, -0.2) is 0 Å². The molecule has 1 aliphatic rings. The molecule has 2 heterocycles. The van der Waals surface area contributed by atoms with Crippen LogP contribution in [0.1, 0.15) is 20.8 Å². The van der Waals surface area contributed by atoms with Crippen molar-refractivity contribution in [3.8, 4) is 0 Å². The van der Waals surface area contributed by atoms with Crippen molar-refractivity contribution in [2.24, 2.45) is 0 Å². The largest absolute Gasteiger partial charge is 0.340 e. The van der Waals surface area contributed by atoms with Crippen molar-refractivity contribution in [2.75, 3.05) is 39.8 Å². The Balaban J connectivity index is 1.45. The number of nitrogens with zero attached hydrogens (tertiary/aromatic N) is 3. The van der Waals surface area contributed by atoms with Gasteiger partial charge in [0.2, 0.25) is 5.91 Å². The minimum Gasteiger partial charge on any atom is -0.340 e. The molecule has 1 fully saturated rings. The average Bonchev–Trinajstić information content (AvgIpc) is 3.18. The van der Waals surface area contributed by atoms with Crippen molar-refractivity contribution in [1.82, 2.24) is 14.7 Å². The highest BCUT2D eigenvalue weighted by atomic mass is 32.1. The van der Waals surface area contributed by atoms with Gasteiger partial charge in [0.15, 0.2) is 0 Å². The van der Waals surface area contributed by atoms with Gasteiger partial charge in [-0.2, -0.15) is 0 Å². The van der Waals surface area contributed by atoms with Gasteiger partial charge in [-0.15, -0.1) is 11.3 Å². The van der Waals surface area contributed by atoms with Crippen LogP contribution in [0.15, 0.2) is 41.8 Å². The molecule has 0 atom stereocenters. The fraction of sp³-hybridized carbons (Fsp3) is 0.400. The fourth-order valence-corrected chi connectivity index (χ4v) is 3.72. The van der Waals surface area contributed by atoms with Crippen LogP contribution in [-0.4, -0.2) is 66.3 Å². The molecule has 0 aliphatic carbocycles. The van der Waals surface area contributed by atoms with Gasteiger partial charge in [0, 0.05) is 39.8 Å². The van der Waals surface area contributed by atoms with E-state index in [0.717, 1.165) is 23.5 Å². The predicted molar refractivity (Wildman–Crippen MR) is 104 cm³/mol. The molecule has 2 aromatic rings. The second-order valence-electron chi connectivity index (χ2n) is 6.78. The normalized spacial score (nSPS) is 15.1. The van der Waals surface area contributed by atoms with Gasteiger partial charge in [0.25, 0.3) is 5.91 Å². The molecule has 1 aliphatic heterocycles. The van der Waals surface area contributed by atoms with Crippen LogP contribution in [-0.2, 0) is 11.3 Å². The van der Waals surface area contributed by atoms with Gasteiger partial charge in [-0.3, -0.25) is 14.5 Å². The molecule has 1 saturated heterocycles. The van der Waals surface area contributed by atoms with Gasteiger partial charge in [-0.05, 0) is 23.9 Å². The molecule has 138 valence electrons. The van der Waals surface area contributed by atoms with E-state index in [1.807, 2.05) is 29.5 Å². The minimum absolute atomic E-state index is 0.0995. The highest BCUT2D eigenvalue weighted by molar-refractivity contribution is 7.12. The number of amides is 2. The van der Waals surface area contributed by atoms with Crippen molar-refractivity contribution in [2.45, 2.75) is 13.5 Å². The lowest BCUT2D eigenvalue weighted by Gasteiger charge is -2.34. The van der Waals surface area contributed by atoms with Crippen molar-refractivity contribution in [1.29, 1.82) is 0 Å². The third-order valence-corrected chi connectivity index (χ3v) is 5.57. The van der Waals surface area contributed by atoms with Gasteiger partial charge in [0.1, 0.15) is 0 Å². The van der Waals surface area contributed by atoms with Gasteiger partial charge < -0.3 is 9.80 Å². The topological polar surface area (TPSA) is 43.9 Å². The quantitative estimate of drug-likeness (QED) is 0.811. The van der Waals surface area contributed by atoms with Crippen molar-refractivity contribution < 1.29 is 9.59 Å². The number of hydrogen-bond acceptors (Lipinski definition) is 4. The van der Waals surface area contributed by atoms with Crippen LogP contribution in [0.5, 0.6) is 0 Å². The molecule has 3 rings (SSSR count). The van der Waals surface area contributed by atoms with Crippen LogP contribution in [0.3, 0.4) is 0 Å². The Morgan fingerprint density at radius 3 is 2.38 bits per heavy atom. The Kier molecular flexibility index (Phi) is 6.06. The highest BCUT2D eigenvalue weighted by Gasteiger charge is 2.24. The average molecular weight is 372 g/mol. The molecule has 1 aromatic carbocycles. The molecule has 6 heteroatoms. The number of rotatable bonds is 5. The van der Waals surface area contributed by atoms with Crippen LogP contribution in [0.4, 0.5) is 0 Å². The second-order valence-corrected chi connectivity index (χ2v) is 7.73. The van der Waals surface area contributed by atoms with Gasteiger partial charge in [0.05, 0.1) is 11.4 Å². The molecule has 0 bridgehead atoms. The summed E-state index contributed by atoms with van der Waals surface area (Å²) in [6.45, 7) is 5.90. The smallest absolute Gasteiger partial charge is 0.264 e. The fourth-order valence-electron chi connectivity index (χ4n) is 3.03. The SMILES string of the molecule is Cc1ccc(CN(C)C(=O)CN2CCN(C(=O)c3cccs3)CC2)cc1. The van der Waals surface area contributed by atoms with E-state index in [4.69, 9.17) is 0 Å². The monoisotopic (exact) mass is 371 g/mol. The highest BCUT2D eigenvalue weighted by Crippen LogP contribution is 2.14. The summed E-state index contributed by atoms with van der Waals surface area (Å²) in [6.07, 6.45) is 0. The molecule has 2 amide bonds. The zero-order valence-electron chi connectivity index (χ0n) is 15.4. The molecule has 26 heavy (non-hydrogen) atoms. The third kappa shape index (κ3) is 4.71. The van der Waals surface area contributed by atoms with E-state index in [2.05, 4.69) is 36.1 Å². The van der Waals surface area contributed by atoms with E-state index < -0.39 is 0 Å². The number of likely N-dealkylation sites (N-methyl/N-ethyl adjacent to an activating group) is 1. The Morgan fingerprint density at radius 2 is 1.77 bits per heavy atom. The Bertz CT molecular complexity index is 735. The van der Waals surface area contributed by atoms with Crippen molar-refractivity contribution in [3.05, 3.63) is 57.8 Å². The molecular formula is C20H25N3O2S. The van der Waals surface area contributed by atoms with E-state index in [-0.39, 0.29) is 11.8 Å². The first kappa shape index (κ1) is 18.6. The molecule has 0 N–H and O–H groups in total. The summed E-state index contributed by atoms with van der Waals surface area (Å²) in [6, 6.07) is 12.0. The summed E-state index contributed by atoms with van der Waals surface area (Å²) in [5, 5.41) is 1.92. The van der Waals surface area contributed by atoms with Crippen molar-refractivity contribution >= 4 is 23.2 Å². The summed E-state index contributed by atoms with van der Waals surface area (Å²) in [7, 11) is 1.85. The summed E-state index contributed by atoms with van der Waals surface area (Å²) in [4.78, 5) is 31.4. The Hall–Kier alpha value is -2.18. The number of aryl methyl sites for hydroxylation is 1. The second kappa shape index (κ2) is 8.47. The number of carbonyl (C=O) groups is 2. The number of thiophene rings is 1. The van der Waals surface area contributed by atoms with E-state index in [9.17, 15) is 9.59 Å². The van der Waals surface area contributed by atoms with Crippen LogP contribution in [0, 0.1) is 6.92 Å². The maximum atomic E-state index is 12.5. The lowest BCUT2D eigenvalue weighted by molar-refractivity contribution is -0.132. The zero-order chi connectivity index (χ0) is 18.5.